The Morgan fingerprint density at radius 1 is 1.00 bits per heavy atom. The normalized spacial score (nSPS) is 11.3. The Hall–Kier alpha value is -6.39. The van der Waals surface area contributed by atoms with E-state index < -0.39 is 42.8 Å². The second-order valence-corrected chi connectivity index (χ2v) is 11.9. The Labute approximate surface area is 304 Å². The summed E-state index contributed by atoms with van der Waals surface area (Å²) in [5.74, 6) is -2.19. The highest BCUT2D eigenvalue weighted by atomic mass is 19.1. The Kier molecular flexibility index (Phi) is 13.9. The van der Waals surface area contributed by atoms with Crippen LogP contribution in [0.3, 0.4) is 0 Å². The number of halogens is 1. The quantitative estimate of drug-likeness (QED) is 0.0285. The third-order valence-electron chi connectivity index (χ3n) is 6.94. The predicted octanol–water partition coefficient (Wildman–Crippen LogP) is 5.35. The van der Waals surface area contributed by atoms with E-state index in [2.05, 4.69) is 31.9 Å². The molecule has 0 aliphatic rings. The van der Waals surface area contributed by atoms with Gasteiger partial charge in [-0.1, -0.05) is 36.9 Å². The fraction of sp³-hybridized carbons (Fsp3) is 0.333. The molecule has 2 aromatic heterocycles. The highest BCUT2D eigenvalue weighted by molar-refractivity contribution is 6.04. The molecule has 0 unspecified atom stereocenters. The summed E-state index contributed by atoms with van der Waals surface area (Å²) in [4.78, 5) is 48.3. The molecule has 17 heteroatoms. The number of esters is 1. The van der Waals surface area contributed by atoms with Crippen LogP contribution in [-0.4, -0.2) is 81.5 Å². The summed E-state index contributed by atoms with van der Waals surface area (Å²) in [7, 11) is 0. The van der Waals surface area contributed by atoms with Gasteiger partial charge in [-0.25, -0.2) is 23.9 Å². The molecule has 53 heavy (non-hydrogen) atoms. The van der Waals surface area contributed by atoms with Crippen molar-refractivity contribution >= 4 is 24.1 Å². The van der Waals surface area contributed by atoms with Crippen LogP contribution in [0.2, 0.25) is 0 Å². The molecule has 1 atom stereocenters. The van der Waals surface area contributed by atoms with Crippen molar-refractivity contribution in [3.63, 3.8) is 0 Å². The molecule has 0 radical (unpaired) electrons. The minimum Gasteiger partial charge on any atom is -0.487 e. The van der Waals surface area contributed by atoms with Gasteiger partial charge in [0.1, 0.15) is 25.7 Å². The Bertz CT molecular complexity index is 1920. The van der Waals surface area contributed by atoms with E-state index in [0.29, 0.717) is 22.3 Å². The van der Waals surface area contributed by atoms with Gasteiger partial charge in [0, 0.05) is 30.4 Å². The molecule has 0 aliphatic carbocycles. The van der Waals surface area contributed by atoms with Crippen LogP contribution in [0, 0.1) is 18.2 Å². The molecule has 0 aliphatic heterocycles. The summed E-state index contributed by atoms with van der Waals surface area (Å²) in [6, 6.07) is 11.3. The molecule has 4 aromatic rings. The summed E-state index contributed by atoms with van der Waals surface area (Å²) in [5, 5.41) is 15.3. The first-order chi connectivity index (χ1) is 25.3. The molecule has 0 bridgehead atoms. The average molecular weight is 734 g/mol. The fourth-order valence-electron chi connectivity index (χ4n) is 4.68. The zero-order chi connectivity index (χ0) is 38.5. The second kappa shape index (κ2) is 18.7. The molecule has 2 heterocycles. The number of amidine groups is 1. The monoisotopic (exact) mass is 733 g/mol. The van der Waals surface area contributed by atoms with Gasteiger partial charge in [-0.15, -0.1) is 9.78 Å². The first kappa shape index (κ1) is 39.4. The lowest BCUT2D eigenvalue weighted by Gasteiger charge is -2.19. The molecule has 0 saturated carbocycles. The number of amides is 1. The number of carbonyl (C=O) groups is 3. The van der Waals surface area contributed by atoms with Crippen molar-refractivity contribution in [1.82, 2.24) is 30.0 Å². The Balaban J connectivity index is 1.71. The van der Waals surface area contributed by atoms with Gasteiger partial charge in [0.05, 0.1) is 12.0 Å². The van der Waals surface area contributed by atoms with Gasteiger partial charge in [-0.2, -0.15) is 4.98 Å². The van der Waals surface area contributed by atoms with E-state index in [-0.39, 0.29) is 61.2 Å². The molecule has 0 fully saturated rings. The number of aryl methyl sites for hydroxylation is 1. The van der Waals surface area contributed by atoms with Crippen LogP contribution in [0.1, 0.15) is 61.7 Å². The summed E-state index contributed by atoms with van der Waals surface area (Å²) >= 11 is 0. The number of rotatable bonds is 16. The van der Waals surface area contributed by atoms with Crippen molar-refractivity contribution in [3.8, 4) is 17.7 Å². The van der Waals surface area contributed by atoms with Crippen molar-refractivity contribution in [2.24, 2.45) is 0 Å². The van der Waals surface area contributed by atoms with Crippen LogP contribution in [0.5, 0.6) is 11.8 Å². The van der Waals surface area contributed by atoms with Crippen molar-refractivity contribution in [2.45, 2.75) is 53.1 Å². The molecule has 2 N–H and O–H groups in total. The SMILES string of the molecule is C=C(C)COC(=O)NC(=N)c1ccc(C[C@@H](c2nc(OCOC(=O)OC(C)C)n(-c3ncccn3)n2)c2cc(C)cc(OCCOC(C)=O)c2F)cc1. The first-order valence-corrected chi connectivity index (χ1v) is 16.3. The summed E-state index contributed by atoms with van der Waals surface area (Å²) in [6.07, 6.45) is 0.913. The molecule has 16 nitrogen and oxygen atoms in total. The molecule has 4 rings (SSSR count). The van der Waals surface area contributed by atoms with Gasteiger partial charge >= 0.3 is 24.2 Å². The highest BCUT2D eigenvalue weighted by Gasteiger charge is 2.29. The molecule has 280 valence electrons. The first-order valence-electron chi connectivity index (χ1n) is 16.3. The van der Waals surface area contributed by atoms with Gasteiger partial charge in [0.2, 0.25) is 6.79 Å². The van der Waals surface area contributed by atoms with Gasteiger partial charge in [0.15, 0.2) is 17.4 Å². The van der Waals surface area contributed by atoms with E-state index in [4.69, 9.17) is 33.8 Å². The predicted molar refractivity (Wildman–Crippen MR) is 187 cm³/mol. The minimum absolute atomic E-state index is 0.0125. The molecule has 0 spiro atoms. The number of alkyl carbamates (subject to hydrolysis) is 1. The summed E-state index contributed by atoms with van der Waals surface area (Å²) < 4.78 is 48.9. The number of aromatic nitrogens is 5. The third kappa shape index (κ3) is 11.8. The van der Waals surface area contributed by atoms with E-state index in [9.17, 15) is 14.4 Å². The van der Waals surface area contributed by atoms with Crippen LogP contribution in [-0.2, 0) is 30.2 Å². The van der Waals surface area contributed by atoms with Crippen LogP contribution < -0.4 is 14.8 Å². The summed E-state index contributed by atoms with van der Waals surface area (Å²) in [6.45, 7) is 11.0. The molecular weight excluding hydrogens is 693 g/mol. The minimum atomic E-state index is -0.960. The van der Waals surface area contributed by atoms with Gasteiger partial charge < -0.3 is 28.4 Å². The number of ether oxygens (including phenoxy) is 6. The molecular formula is C36H40FN7O9. The van der Waals surface area contributed by atoms with Crippen molar-refractivity contribution in [2.75, 3.05) is 26.6 Å². The molecule has 0 saturated heterocycles. The topological polar surface area (TPSA) is 199 Å². The van der Waals surface area contributed by atoms with E-state index in [1.54, 1.807) is 64.1 Å². The van der Waals surface area contributed by atoms with Crippen molar-refractivity contribution in [3.05, 3.63) is 101 Å². The third-order valence-corrected chi connectivity index (χ3v) is 6.94. The van der Waals surface area contributed by atoms with Crippen LogP contribution in [0.15, 0.2) is 67.0 Å². The van der Waals surface area contributed by atoms with E-state index in [1.807, 2.05) is 0 Å². The maximum Gasteiger partial charge on any atom is 0.511 e. The number of nitrogens with zero attached hydrogens (tertiary/aromatic N) is 5. The average Bonchev–Trinajstić information content (AvgIpc) is 3.53. The molecule has 1 amide bonds. The Morgan fingerprint density at radius 3 is 2.38 bits per heavy atom. The number of hydrogen-bond acceptors (Lipinski definition) is 14. The van der Waals surface area contributed by atoms with E-state index in [0.717, 1.165) is 0 Å². The van der Waals surface area contributed by atoms with Gasteiger partial charge in [-0.3, -0.25) is 15.5 Å². The lowest BCUT2D eigenvalue weighted by atomic mass is 9.89. The maximum absolute atomic E-state index is 16.4. The number of benzene rings is 2. The lowest BCUT2D eigenvalue weighted by Crippen LogP contribution is -2.31. The highest BCUT2D eigenvalue weighted by Crippen LogP contribution is 2.35. The van der Waals surface area contributed by atoms with Crippen molar-refractivity contribution in [1.29, 1.82) is 5.41 Å². The van der Waals surface area contributed by atoms with E-state index in [1.165, 1.54) is 30.1 Å². The van der Waals surface area contributed by atoms with Crippen LogP contribution in [0.25, 0.3) is 5.95 Å². The lowest BCUT2D eigenvalue weighted by molar-refractivity contribution is -0.141. The standard InChI is InChI=1S/C36H40FN7O9/c1-21(2)19-50-35(46)41-31(38)26-10-8-25(9-11-26)18-28(27-16-23(5)17-29(30(27)37)49-15-14-48-24(6)45)32-42-34(51-20-52-36(47)53-22(3)4)44(43-32)33-39-12-7-13-40-33/h7-13,16-17,22,28H,1,14-15,18-20H2,2-6H3,(H2,38,41,46)/t28-/m1/s1. The largest absolute Gasteiger partial charge is 0.511 e. The fourth-order valence-corrected chi connectivity index (χ4v) is 4.68. The Morgan fingerprint density at radius 2 is 1.72 bits per heavy atom. The number of nitrogens with one attached hydrogen (secondary N) is 2. The number of carbonyl (C=O) groups excluding carboxylic acids is 3. The van der Waals surface area contributed by atoms with E-state index >= 15 is 4.39 Å². The number of hydrogen-bond donors (Lipinski definition) is 2. The molecule has 2 aromatic carbocycles. The van der Waals surface area contributed by atoms with Gasteiger partial charge in [0.25, 0.3) is 5.95 Å². The van der Waals surface area contributed by atoms with Crippen LogP contribution >= 0.6 is 0 Å². The smallest absolute Gasteiger partial charge is 0.487 e. The van der Waals surface area contributed by atoms with Crippen molar-refractivity contribution < 1.29 is 47.2 Å². The zero-order valence-electron chi connectivity index (χ0n) is 29.9. The zero-order valence-corrected chi connectivity index (χ0v) is 29.9. The maximum atomic E-state index is 16.4. The second-order valence-electron chi connectivity index (χ2n) is 11.9. The van der Waals surface area contributed by atoms with Crippen LogP contribution in [0.4, 0.5) is 14.0 Å². The summed E-state index contributed by atoms with van der Waals surface area (Å²) in [5.41, 5.74) is 2.54. The van der Waals surface area contributed by atoms with Gasteiger partial charge in [-0.05, 0) is 62.9 Å².